The molecule has 1 saturated carbocycles. The van der Waals surface area contributed by atoms with Gasteiger partial charge in [0.1, 0.15) is 5.92 Å². The van der Waals surface area contributed by atoms with Gasteiger partial charge in [-0.3, -0.25) is 14.3 Å². The van der Waals surface area contributed by atoms with Crippen LogP contribution in [0, 0.1) is 22.7 Å². The molecule has 1 fully saturated rings. The Morgan fingerprint density at radius 1 is 1.50 bits per heavy atom. The normalized spacial score (nSPS) is 26.0. The van der Waals surface area contributed by atoms with Gasteiger partial charge in [-0.1, -0.05) is 13.8 Å². The van der Waals surface area contributed by atoms with Crippen molar-refractivity contribution < 1.29 is 17.8 Å². The van der Waals surface area contributed by atoms with Crippen LogP contribution < -0.4 is 0 Å². The lowest BCUT2D eigenvalue weighted by molar-refractivity contribution is -0.122. The monoisotopic (exact) mass is 272 g/mol. The van der Waals surface area contributed by atoms with E-state index < -0.39 is 21.8 Å². The third-order valence-electron chi connectivity index (χ3n) is 2.76. The SMILES string of the molecule is CC1(C)CC(=O)C(C#N)C(=NCCS(=O)(=O)O)C1. The molecule has 7 heteroatoms. The largest absolute Gasteiger partial charge is 0.298 e. The van der Waals surface area contributed by atoms with Gasteiger partial charge in [-0.2, -0.15) is 13.7 Å². The number of rotatable bonds is 3. The zero-order valence-electron chi connectivity index (χ0n) is 10.4. The number of nitriles is 1. The van der Waals surface area contributed by atoms with E-state index in [9.17, 15) is 13.2 Å². The van der Waals surface area contributed by atoms with Crippen molar-refractivity contribution in [3.05, 3.63) is 0 Å². The van der Waals surface area contributed by atoms with Gasteiger partial charge in [0.25, 0.3) is 10.1 Å². The minimum Gasteiger partial charge on any atom is -0.298 e. The molecule has 0 saturated heterocycles. The van der Waals surface area contributed by atoms with Crippen LogP contribution in [0.25, 0.3) is 0 Å². The first-order valence-corrected chi connectivity index (χ1v) is 7.16. The Balaban J connectivity index is 2.86. The summed E-state index contributed by atoms with van der Waals surface area (Å²) >= 11 is 0. The van der Waals surface area contributed by atoms with Gasteiger partial charge < -0.3 is 0 Å². The minimum atomic E-state index is -4.07. The third kappa shape index (κ3) is 4.20. The fourth-order valence-corrected chi connectivity index (χ4v) is 2.33. The van der Waals surface area contributed by atoms with E-state index in [0.29, 0.717) is 18.6 Å². The highest BCUT2D eigenvalue weighted by Gasteiger charge is 2.37. The van der Waals surface area contributed by atoms with E-state index in [-0.39, 0.29) is 17.7 Å². The van der Waals surface area contributed by atoms with Crippen molar-refractivity contribution in [1.29, 1.82) is 5.26 Å². The van der Waals surface area contributed by atoms with Gasteiger partial charge in [-0.05, 0) is 11.8 Å². The zero-order valence-corrected chi connectivity index (χ0v) is 11.2. The molecule has 0 spiro atoms. The van der Waals surface area contributed by atoms with Crippen LogP contribution in [0.1, 0.15) is 26.7 Å². The van der Waals surface area contributed by atoms with Crippen LogP contribution in [0.5, 0.6) is 0 Å². The molecule has 18 heavy (non-hydrogen) atoms. The number of aliphatic imine (C=N–C) groups is 1. The van der Waals surface area contributed by atoms with Crippen molar-refractivity contribution in [2.24, 2.45) is 16.3 Å². The van der Waals surface area contributed by atoms with Crippen molar-refractivity contribution in [3.8, 4) is 6.07 Å². The summed E-state index contributed by atoms with van der Waals surface area (Å²) in [5.41, 5.74) is 0.156. The summed E-state index contributed by atoms with van der Waals surface area (Å²) in [6, 6.07) is 1.90. The smallest absolute Gasteiger partial charge is 0.266 e. The van der Waals surface area contributed by atoms with Crippen LogP contribution >= 0.6 is 0 Å². The molecule has 1 aliphatic rings. The number of hydrogen-bond acceptors (Lipinski definition) is 5. The summed E-state index contributed by atoms with van der Waals surface area (Å²) < 4.78 is 29.7. The maximum Gasteiger partial charge on any atom is 0.266 e. The van der Waals surface area contributed by atoms with E-state index in [0.717, 1.165) is 0 Å². The lowest BCUT2D eigenvalue weighted by Gasteiger charge is -2.31. The molecule has 0 amide bonds. The topological polar surface area (TPSA) is 108 Å². The number of carbonyl (C=O) groups excluding carboxylic acids is 1. The molecule has 0 heterocycles. The molecule has 100 valence electrons. The summed E-state index contributed by atoms with van der Waals surface area (Å²) in [6.07, 6.45) is 0.811. The number of carbonyl (C=O) groups is 1. The van der Waals surface area contributed by atoms with Crippen molar-refractivity contribution in [3.63, 3.8) is 0 Å². The molecule has 0 aromatic rings. The van der Waals surface area contributed by atoms with Crippen LogP contribution in [0.15, 0.2) is 4.99 Å². The standard InChI is InChI=1S/C11H16N2O4S/c1-11(2)5-9(8(7-12)10(14)6-11)13-3-4-18(15,16)17/h8H,3-6H2,1-2H3,(H,15,16,17). The van der Waals surface area contributed by atoms with Crippen LogP contribution in [-0.4, -0.2) is 36.8 Å². The molecule has 0 bridgehead atoms. The molecule has 0 aromatic carbocycles. The lowest BCUT2D eigenvalue weighted by Crippen LogP contribution is -2.37. The highest BCUT2D eigenvalue weighted by molar-refractivity contribution is 7.85. The Morgan fingerprint density at radius 3 is 2.61 bits per heavy atom. The Bertz CT molecular complexity index is 514. The van der Waals surface area contributed by atoms with Gasteiger partial charge in [-0.15, -0.1) is 0 Å². The molecule has 1 unspecified atom stereocenters. The van der Waals surface area contributed by atoms with Gasteiger partial charge in [0.05, 0.1) is 18.4 Å². The molecular weight excluding hydrogens is 256 g/mol. The average Bonchev–Trinajstić information content (AvgIpc) is 2.13. The van der Waals surface area contributed by atoms with Crippen LogP contribution in [0.4, 0.5) is 0 Å². The third-order valence-corrected chi connectivity index (χ3v) is 3.46. The van der Waals surface area contributed by atoms with Gasteiger partial charge >= 0.3 is 0 Å². The lowest BCUT2D eigenvalue weighted by atomic mass is 9.71. The molecule has 0 aliphatic heterocycles. The summed E-state index contributed by atoms with van der Waals surface area (Å²) in [5.74, 6) is -1.55. The summed E-state index contributed by atoms with van der Waals surface area (Å²) in [4.78, 5) is 15.7. The highest BCUT2D eigenvalue weighted by Crippen LogP contribution is 2.34. The summed E-state index contributed by atoms with van der Waals surface area (Å²) in [7, 11) is -4.07. The molecule has 1 atom stereocenters. The molecule has 1 aliphatic carbocycles. The van der Waals surface area contributed by atoms with E-state index in [4.69, 9.17) is 9.81 Å². The first-order chi connectivity index (χ1) is 8.14. The van der Waals surface area contributed by atoms with E-state index in [1.165, 1.54) is 0 Å². The summed E-state index contributed by atoms with van der Waals surface area (Å²) in [5, 5.41) is 8.94. The maximum atomic E-state index is 11.7. The van der Waals surface area contributed by atoms with Crippen molar-refractivity contribution in [2.45, 2.75) is 26.7 Å². The van der Waals surface area contributed by atoms with Crippen molar-refractivity contribution >= 4 is 21.6 Å². The number of ketones is 1. The fourth-order valence-electron chi connectivity index (χ4n) is 2.01. The quantitative estimate of drug-likeness (QED) is 0.766. The molecule has 6 nitrogen and oxygen atoms in total. The van der Waals surface area contributed by atoms with E-state index in [1.807, 2.05) is 19.9 Å². The van der Waals surface area contributed by atoms with Crippen molar-refractivity contribution in [2.75, 3.05) is 12.3 Å². The van der Waals surface area contributed by atoms with Gasteiger partial charge in [0.15, 0.2) is 5.78 Å². The zero-order chi connectivity index (χ0) is 14.0. The average molecular weight is 272 g/mol. The minimum absolute atomic E-state index is 0.129. The Morgan fingerprint density at radius 2 is 2.11 bits per heavy atom. The second kappa shape index (κ2) is 5.16. The Kier molecular flexibility index (Phi) is 4.24. The molecule has 0 radical (unpaired) electrons. The maximum absolute atomic E-state index is 11.7. The molecular formula is C11H16N2O4S. The van der Waals surface area contributed by atoms with E-state index >= 15 is 0 Å². The molecule has 0 aromatic heterocycles. The first kappa shape index (κ1) is 14.8. The Labute approximate surface area is 106 Å². The second-order valence-corrected chi connectivity index (χ2v) is 6.78. The first-order valence-electron chi connectivity index (χ1n) is 5.55. The fraction of sp³-hybridized carbons (Fsp3) is 0.727. The van der Waals surface area contributed by atoms with Crippen molar-refractivity contribution in [1.82, 2.24) is 0 Å². The van der Waals surface area contributed by atoms with Crippen LogP contribution in [0.2, 0.25) is 0 Å². The summed E-state index contributed by atoms with van der Waals surface area (Å²) in [6.45, 7) is 3.67. The number of hydrogen-bond donors (Lipinski definition) is 1. The molecule has 1 N–H and O–H groups in total. The number of Topliss-reactive ketones (excluding diaryl/α,β-unsaturated/α-hetero) is 1. The predicted octanol–water partition coefficient (Wildman–Crippen LogP) is 0.844. The highest BCUT2D eigenvalue weighted by atomic mass is 32.2. The predicted molar refractivity (Wildman–Crippen MR) is 65.8 cm³/mol. The Hall–Kier alpha value is -1.26. The van der Waals surface area contributed by atoms with E-state index in [2.05, 4.69) is 4.99 Å². The van der Waals surface area contributed by atoms with Gasteiger partial charge in [0, 0.05) is 12.1 Å². The number of nitrogens with zero attached hydrogens (tertiary/aromatic N) is 2. The second-order valence-electron chi connectivity index (χ2n) is 5.21. The van der Waals surface area contributed by atoms with Crippen LogP contribution in [0.3, 0.4) is 0 Å². The molecule has 1 rings (SSSR count). The van der Waals surface area contributed by atoms with E-state index in [1.54, 1.807) is 0 Å². The van der Waals surface area contributed by atoms with Gasteiger partial charge in [0.2, 0.25) is 0 Å². The van der Waals surface area contributed by atoms with Crippen LogP contribution in [-0.2, 0) is 14.9 Å². The van der Waals surface area contributed by atoms with Gasteiger partial charge in [-0.25, -0.2) is 0 Å².